The van der Waals surface area contributed by atoms with Crippen LogP contribution in [0.5, 0.6) is 11.5 Å². The van der Waals surface area contributed by atoms with Gasteiger partial charge in [0.25, 0.3) is 0 Å². The number of benzene rings is 6. The second kappa shape index (κ2) is 16.3. The minimum Gasteiger partial charge on any atom is -0.140 e. The fraction of sp³-hybridized carbons (Fsp3) is 0.200. The summed E-state index contributed by atoms with van der Waals surface area (Å²) in [6, 6.07) is 43.8. The second-order valence-electron chi connectivity index (χ2n) is 16.4. The fourth-order valence-electron chi connectivity index (χ4n) is 9.67. The molecule has 0 fully saturated rings. The summed E-state index contributed by atoms with van der Waals surface area (Å²) in [6.07, 6.45) is 6.43. The Morgan fingerprint density at radius 1 is 0.552 bits per heavy atom. The van der Waals surface area contributed by atoms with Gasteiger partial charge in [0.15, 0.2) is 0 Å². The molecule has 0 heterocycles. The Labute approximate surface area is 363 Å². The number of hydrogen-bond donors (Lipinski definition) is 2. The number of ether oxygens (including phenoxy) is 2. The zero-order valence-electron chi connectivity index (χ0n) is 33.8. The summed E-state index contributed by atoms with van der Waals surface area (Å²) >= 11 is 4.38. The molecule has 0 saturated heterocycles. The van der Waals surface area contributed by atoms with Crippen LogP contribution in [0.4, 0.5) is 0 Å². The van der Waals surface area contributed by atoms with Gasteiger partial charge in [-0.25, -0.2) is 0 Å². The molecule has 0 amide bonds. The molecule has 2 aliphatic rings. The number of halogens is 2. The van der Waals surface area contributed by atoms with Crippen molar-refractivity contribution in [3.63, 3.8) is 0 Å². The molecule has 0 aliphatic heterocycles. The van der Waals surface area contributed by atoms with Gasteiger partial charge >= 0.3 is 307 Å². The summed E-state index contributed by atoms with van der Waals surface area (Å²) in [5.41, 5.74) is 17.5. The first-order chi connectivity index (χ1) is 27.8. The summed E-state index contributed by atoms with van der Waals surface area (Å²) in [5.74, 6) is -0.0882. The van der Waals surface area contributed by atoms with Gasteiger partial charge < -0.3 is 9.47 Å². The van der Waals surface area contributed by atoms with E-state index in [-0.39, 0.29) is 7.25 Å². The molecule has 0 aromatic heterocycles. The quantitative estimate of drug-likeness (QED) is 0.0996. The zero-order chi connectivity index (χ0) is 41.0. The normalized spacial score (nSPS) is 16.6. The van der Waals surface area contributed by atoms with E-state index in [1.54, 1.807) is 14.2 Å². The summed E-state index contributed by atoms with van der Waals surface area (Å²) in [6.45, 7) is 9.36. The van der Waals surface area contributed by atoms with Gasteiger partial charge in [0.1, 0.15) is 11.5 Å². The first-order valence-corrected chi connectivity index (χ1v) is 37.1. The molecular formula is C50H49Cl2O2S2SiZr. The third-order valence-corrected chi connectivity index (χ3v) is 65.6. The van der Waals surface area contributed by atoms with Gasteiger partial charge in [-0.15, -0.1) is 25.3 Å². The van der Waals surface area contributed by atoms with Gasteiger partial charge in [-0.3, -0.25) is 0 Å². The average molecular weight is 936 g/mol. The van der Waals surface area contributed by atoms with Gasteiger partial charge in [-0.05, 0) is 0 Å². The van der Waals surface area contributed by atoms with Gasteiger partial charge in [-0.1, -0.05) is 0 Å². The number of methoxy groups -OCH3 is 2. The molecule has 0 N–H and O–H groups in total. The van der Waals surface area contributed by atoms with Crippen LogP contribution in [0.15, 0.2) is 142 Å². The number of rotatable bonds is 11. The van der Waals surface area contributed by atoms with Crippen LogP contribution in [0.3, 0.4) is 0 Å². The first-order valence-electron chi connectivity index (χ1n) is 19.9. The number of hydrogen-bond acceptors (Lipinski definition) is 4. The van der Waals surface area contributed by atoms with Gasteiger partial charge in [0, 0.05) is 0 Å². The van der Waals surface area contributed by atoms with Crippen molar-refractivity contribution in [2.75, 3.05) is 14.2 Å². The predicted molar refractivity (Wildman–Crippen MR) is 253 cm³/mol. The standard InChI is InChI=1S/2C24H21OS.C2H7Si.2ClH.Zr/c2*1-16-12-20-4-3-5-21(22(20)13-16)19-9-6-17(7-10-19)14-18-8-11-23(25-2)24(26)15-18;1-3-2;;;/h2*3-13,15,26H,14H2,1-2H3;3H,1-2H3;2*1H;/q;;;;;+2/p-2. The SMILES string of the molecule is COc1ccc(Cc2ccc(-c3cccc4c3C=C(C)[CH]4[Zr]([Cl])([Cl])([CH]3C(C)=Cc4c(-c5ccc(Cc6ccc(OC)c(S)c6)cc5)cccc43)[SiH](C)C)cc2)cc1S. The third-order valence-electron chi connectivity index (χ3n) is 12.6. The Hall–Kier alpha value is -3.22. The van der Waals surface area contributed by atoms with Crippen molar-refractivity contribution in [3.05, 3.63) is 177 Å². The molecule has 0 saturated carbocycles. The molecule has 8 rings (SSSR count). The van der Waals surface area contributed by atoms with Gasteiger partial charge in [-0.2, -0.15) is 0 Å². The maximum atomic E-state index is 8.57. The smallest absolute Gasteiger partial charge is 0.140 e. The minimum atomic E-state index is -4.83. The molecule has 0 radical (unpaired) electrons. The molecule has 6 aromatic carbocycles. The Balaban J connectivity index is 1.11. The van der Waals surface area contributed by atoms with Crippen molar-refractivity contribution in [1.29, 1.82) is 0 Å². The van der Waals surface area contributed by atoms with Crippen molar-refractivity contribution in [3.8, 4) is 33.8 Å². The molecule has 2 aliphatic carbocycles. The number of allylic oxidation sites excluding steroid dienone is 2. The van der Waals surface area contributed by atoms with E-state index in [1.807, 2.05) is 12.1 Å². The van der Waals surface area contributed by atoms with Crippen LogP contribution in [0.1, 0.15) is 65.6 Å². The Morgan fingerprint density at radius 3 is 1.28 bits per heavy atom. The van der Waals surface area contributed by atoms with Crippen molar-refractivity contribution in [2.45, 2.75) is 56.8 Å². The van der Waals surface area contributed by atoms with E-state index in [2.05, 4.69) is 174 Å². The molecule has 58 heavy (non-hydrogen) atoms. The van der Waals surface area contributed by atoms with Crippen LogP contribution in [0.2, 0.25) is 13.1 Å². The van der Waals surface area contributed by atoms with Crippen molar-refractivity contribution in [2.24, 2.45) is 0 Å². The van der Waals surface area contributed by atoms with Crippen LogP contribution in [-0.4, -0.2) is 20.1 Å². The van der Waals surface area contributed by atoms with Crippen LogP contribution in [-0.2, 0) is 28.4 Å². The van der Waals surface area contributed by atoms with Crippen molar-refractivity contribution in [1.82, 2.24) is 0 Å². The van der Waals surface area contributed by atoms with Gasteiger partial charge in [0.2, 0.25) is 0 Å². The Kier molecular flexibility index (Phi) is 11.7. The second-order valence-corrected chi connectivity index (χ2v) is 59.9. The molecule has 0 bridgehead atoms. The fourth-order valence-corrected chi connectivity index (χ4v) is 43.3. The van der Waals surface area contributed by atoms with E-state index in [0.717, 1.165) is 34.1 Å². The molecule has 2 atom stereocenters. The van der Waals surface area contributed by atoms with E-state index in [9.17, 15) is 0 Å². The van der Waals surface area contributed by atoms with E-state index in [1.165, 1.54) is 77.9 Å². The number of thiol groups is 2. The maximum absolute atomic E-state index is 8.57. The molecule has 2 unspecified atom stereocenters. The molecule has 0 spiro atoms. The van der Waals surface area contributed by atoms with E-state index in [4.69, 9.17) is 26.5 Å². The summed E-state index contributed by atoms with van der Waals surface area (Å²) < 4.78 is 10.9. The monoisotopic (exact) mass is 933 g/mol. The molecular weight excluding hydrogens is 887 g/mol. The Bertz CT molecular complexity index is 2440. The van der Waals surface area contributed by atoms with Crippen LogP contribution >= 0.6 is 42.3 Å². The third kappa shape index (κ3) is 7.35. The first kappa shape index (κ1) is 41.5. The summed E-state index contributed by atoms with van der Waals surface area (Å²) in [4.78, 5) is 1.70. The van der Waals surface area contributed by atoms with Crippen LogP contribution in [0, 0.1) is 0 Å². The number of fused-ring (bicyclic) bond motifs is 2. The van der Waals surface area contributed by atoms with E-state index >= 15 is 0 Å². The zero-order valence-corrected chi connectivity index (χ0v) is 40.7. The van der Waals surface area contributed by atoms with Gasteiger partial charge in [0.05, 0.1) is 14.2 Å². The van der Waals surface area contributed by atoms with Crippen LogP contribution < -0.4 is 9.47 Å². The van der Waals surface area contributed by atoms with Crippen molar-refractivity contribution < 1.29 is 25.0 Å². The average Bonchev–Trinajstić information content (AvgIpc) is 3.75. The van der Waals surface area contributed by atoms with Crippen molar-refractivity contribution >= 4 is 60.4 Å². The molecule has 2 nitrogen and oxygen atoms in total. The Morgan fingerprint density at radius 2 is 0.931 bits per heavy atom. The molecule has 8 heteroatoms. The molecule has 295 valence electrons. The van der Waals surface area contributed by atoms with E-state index < -0.39 is 21.5 Å². The summed E-state index contributed by atoms with van der Waals surface area (Å²) in [7, 11) is 20.5. The topological polar surface area (TPSA) is 18.5 Å². The summed E-state index contributed by atoms with van der Waals surface area (Å²) in [5, 5.41) is 0. The van der Waals surface area contributed by atoms with Crippen LogP contribution in [0.25, 0.3) is 34.4 Å². The predicted octanol–water partition coefficient (Wildman–Crippen LogP) is 14.4. The molecule has 6 aromatic rings. The van der Waals surface area contributed by atoms with E-state index in [0.29, 0.717) is 0 Å². The minimum absolute atomic E-state index is 0.0362.